The van der Waals surface area contributed by atoms with Crippen molar-refractivity contribution in [1.29, 1.82) is 0 Å². The van der Waals surface area contributed by atoms with E-state index in [4.69, 9.17) is 0 Å². The summed E-state index contributed by atoms with van der Waals surface area (Å²) in [5.41, 5.74) is 0.797. The SMILES string of the molecule is C=C(C)C(=O)N(C)c1ccc(OC(F)(F)F)cc1. The average molecular weight is 259 g/mol. The Morgan fingerprint density at radius 3 is 2.17 bits per heavy atom. The van der Waals surface area contributed by atoms with Gasteiger partial charge in [-0.25, -0.2) is 0 Å². The Morgan fingerprint density at radius 2 is 1.78 bits per heavy atom. The molecule has 3 nitrogen and oxygen atoms in total. The molecule has 0 saturated heterocycles. The molecular formula is C12H12F3NO2. The summed E-state index contributed by atoms with van der Waals surface area (Å²) < 4.78 is 39.5. The van der Waals surface area contributed by atoms with Crippen LogP contribution in [0.3, 0.4) is 0 Å². The Balaban J connectivity index is 2.83. The van der Waals surface area contributed by atoms with Gasteiger partial charge in [0.05, 0.1) is 0 Å². The molecule has 0 fully saturated rings. The van der Waals surface area contributed by atoms with E-state index in [1.54, 1.807) is 6.92 Å². The molecule has 0 atom stereocenters. The number of likely N-dealkylation sites (N-methyl/N-ethyl adjacent to an activating group) is 1. The van der Waals surface area contributed by atoms with Crippen LogP contribution in [0.15, 0.2) is 36.4 Å². The summed E-state index contributed by atoms with van der Waals surface area (Å²) in [6.07, 6.45) is -4.72. The molecule has 0 bridgehead atoms. The van der Waals surface area contributed by atoms with Gasteiger partial charge in [0, 0.05) is 18.3 Å². The van der Waals surface area contributed by atoms with E-state index in [9.17, 15) is 18.0 Å². The Morgan fingerprint density at radius 1 is 1.28 bits per heavy atom. The minimum atomic E-state index is -4.72. The molecular weight excluding hydrogens is 247 g/mol. The van der Waals surface area contributed by atoms with Gasteiger partial charge in [0.15, 0.2) is 0 Å². The van der Waals surface area contributed by atoms with Crippen LogP contribution >= 0.6 is 0 Å². The molecule has 0 unspecified atom stereocenters. The molecule has 0 N–H and O–H groups in total. The van der Waals surface area contributed by atoms with Crippen molar-refractivity contribution in [2.75, 3.05) is 11.9 Å². The van der Waals surface area contributed by atoms with E-state index in [1.165, 1.54) is 24.1 Å². The Hall–Kier alpha value is -1.98. The largest absolute Gasteiger partial charge is 0.573 e. The maximum Gasteiger partial charge on any atom is 0.573 e. The highest BCUT2D eigenvalue weighted by molar-refractivity contribution is 6.04. The van der Waals surface area contributed by atoms with E-state index < -0.39 is 6.36 Å². The van der Waals surface area contributed by atoms with Gasteiger partial charge in [-0.3, -0.25) is 4.79 Å². The number of alkyl halides is 3. The Bertz CT molecular complexity index is 451. The van der Waals surface area contributed by atoms with Crippen molar-refractivity contribution in [1.82, 2.24) is 0 Å². The number of hydrogen-bond donors (Lipinski definition) is 0. The molecule has 0 radical (unpaired) electrons. The van der Waals surface area contributed by atoms with Crippen molar-refractivity contribution in [3.05, 3.63) is 36.4 Å². The van der Waals surface area contributed by atoms with Crippen LogP contribution < -0.4 is 9.64 Å². The van der Waals surface area contributed by atoms with E-state index in [0.29, 0.717) is 11.3 Å². The van der Waals surface area contributed by atoms with E-state index in [2.05, 4.69) is 11.3 Å². The van der Waals surface area contributed by atoms with Crippen LogP contribution in [0, 0.1) is 0 Å². The zero-order chi connectivity index (χ0) is 13.9. The molecule has 98 valence electrons. The molecule has 1 rings (SSSR count). The molecule has 0 aliphatic heterocycles. The predicted molar refractivity (Wildman–Crippen MR) is 61.3 cm³/mol. The highest BCUT2D eigenvalue weighted by Crippen LogP contribution is 2.25. The molecule has 0 aliphatic rings. The zero-order valence-electron chi connectivity index (χ0n) is 9.91. The monoisotopic (exact) mass is 259 g/mol. The summed E-state index contributed by atoms with van der Waals surface area (Å²) in [4.78, 5) is 12.9. The number of halogens is 3. The number of carbonyl (C=O) groups is 1. The molecule has 0 spiro atoms. The molecule has 6 heteroatoms. The number of carbonyl (C=O) groups excluding carboxylic acids is 1. The van der Waals surface area contributed by atoms with E-state index in [0.717, 1.165) is 12.1 Å². The number of amides is 1. The van der Waals surface area contributed by atoms with Gasteiger partial charge in [-0.15, -0.1) is 13.2 Å². The van der Waals surface area contributed by atoms with Crippen molar-refractivity contribution in [3.63, 3.8) is 0 Å². The highest BCUT2D eigenvalue weighted by Gasteiger charge is 2.31. The quantitative estimate of drug-likeness (QED) is 0.780. The Labute approximate surface area is 102 Å². The first kappa shape index (κ1) is 14.1. The molecule has 1 aromatic rings. The van der Waals surface area contributed by atoms with Gasteiger partial charge in [-0.05, 0) is 31.2 Å². The summed E-state index contributed by atoms with van der Waals surface area (Å²) in [5, 5.41) is 0. The van der Waals surface area contributed by atoms with Crippen molar-refractivity contribution in [2.45, 2.75) is 13.3 Å². The molecule has 1 amide bonds. The third-order valence-corrected chi connectivity index (χ3v) is 2.13. The zero-order valence-corrected chi connectivity index (χ0v) is 9.91. The second-order valence-corrected chi connectivity index (χ2v) is 3.69. The Kier molecular flexibility index (Phi) is 4.00. The van der Waals surface area contributed by atoms with Crippen LogP contribution in [0.1, 0.15) is 6.92 Å². The van der Waals surface area contributed by atoms with Crippen LogP contribution in [-0.2, 0) is 4.79 Å². The third kappa shape index (κ3) is 3.80. The maximum atomic E-state index is 11.9. The molecule has 1 aromatic carbocycles. The summed E-state index contributed by atoms with van der Waals surface area (Å²) in [6.45, 7) is 5.06. The lowest BCUT2D eigenvalue weighted by Crippen LogP contribution is -2.26. The fraction of sp³-hybridized carbons (Fsp3) is 0.250. The second kappa shape index (κ2) is 5.12. The predicted octanol–water partition coefficient (Wildman–Crippen LogP) is 3.12. The van der Waals surface area contributed by atoms with Gasteiger partial charge in [-0.1, -0.05) is 6.58 Å². The molecule has 18 heavy (non-hydrogen) atoms. The van der Waals surface area contributed by atoms with Crippen LogP contribution in [0.2, 0.25) is 0 Å². The van der Waals surface area contributed by atoms with Crippen molar-refractivity contribution in [3.8, 4) is 5.75 Å². The van der Waals surface area contributed by atoms with Gasteiger partial charge < -0.3 is 9.64 Å². The summed E-state index contributed by atoms with van der Waals surface area (Å²) in [5.74, 6) is -0.637. The standard InChI is InChI=1S/C12H12F3NO2/c1-8(2)11(17)16(3)9-4-6-10(7-5-9)18-12(13,14)15/h4-7H,1H2,2-3H3. The first-order valence-electron chi connectivity index (χ1n) is 5.00. The topological polar surface area (TPSA) is 29.5 Å². The van der Waals surface area contributed by atoms with Crippen LogP contribution in [-0.4, -0.2) is 19.3 Å². The first-order valence-corrected chi connectivity index (χ1v) is 5.00. The van der Waals surface area contributed by atoms with Gasteiger partial charge in [0.2, 0.25) is 0 Å². The fourth-order valence-electron chi connectivity index (χ4n) is 1.27. The van der Waals surface area contributed by atoms with Crippen LogP contribution in [0.25, 0.3) is 0 Å². The van der Waals surface area contributed by atoms with Crippen LogP contribution in [0.5, 0.6) is 5.75 Å². The van der Waals surface area contributed by atoms with Crippen molar-refractivity contribution < 1.29 is 22.7 Å². The van der Waals surface area contributed by atoms with Crippen molar-refractivity contribution in [2.24, 2.45) is 0 Å². The highest BCUT2D eigenvalue weighted by atomic mass is 19.4. The van der Waals surface area contributed by atoms with Gasteiger partial charge in [-0.2, -0.15) is 0 Å². The minimum absolute atomic E-state index is 0.306. The summed E-state index contributed by atoms with van der Waals surface area (Å²) in [6, 6.07) is 5.01. The summed E-state index contributed by atoms with van der Waals surface area (Å²) in [7, 11) is 1.51. The lowest BCUT2D eigenvalue weighted by atomic mass is 10.2. The summed E-state index contributed by atoms with van der Waals surface area (Å²) >= 11 is 0. The first-order chi connectivity index (χ1) is 8.20. The van der Waals surface area contributed by atoms with Gasteiger partial charge >= 0.3 is 6.36 Å². The van der Waals surface area contributed by atoms with Gasteiger partial charge in [0.1, 0.15) is 5.75 Å². The van der Waals surface area contributed by atoms with E-state index in [-0.39, 0.29) is 11.7 Å². The lowest BCUT2D eigenvalue weighted by molar-refractivity contribution is -0.274. The minimum Gasteiger partial charge on any atom is -0.406 e. The normalized spacial score (nSPS) is 10.9. The van der Waals surface area contributed by atoms with Gasteiger partial charge in [0.25, 0.3) is 5.91 Å². The number of nitrogens with zero attached hydrogens (tertiary/aromatic N) is 1. The lowest BCUT2D eigenvalue weighted by Gasteiger charge is -2.17. The van der Waals surface area contributed by atoms with E-state index >= 15 is 0 Å². The maximum absolute atomic E-state index is 11.9. The number of rotatable bonds is 3. The number of hydrogen-bond acceptors (Lipinski definition) is 2. The van der Waals surface area contributed by atoms with E-state index in [1.807, 2.05) is 0 Å². The van der Waals surface area contributed by atoms with Crippen LogP contribution in [0.4, 0.5) is 18.9 Å². The number of ether oxygens (including phenoxy) is 1. The third-order valence-electron chi connectivity index (χ3n) is 2.13. The second-order valence-electron chi connectivity index (χ2n) is 3.69. The average Bonchev–Trinajstić information content (AvgIpc) is 2.26. The molecule has 0 aromatic heterocycles. The molecule has 0 heterocycles. The number of benzene rings is 1. The fourth-order valence-corrected chi connectivity index (χ4v) is 1.27. The molecule has 0 saturated carbocycles. The smallest absolute Gasteiger partial charge is 0.406 e. The van der Waals surface area contributed by atoms with Crippen molar-refractivity contribution >= 4 is 11.6 Å². The molecule has 0 aliphatic carbocycles. The number of anilines is 1.